The molecular formula is C16H27N3O3S2. The fourth-order valence-electron chi connectivity index (χ4n) is 2.04. The SMILES string of the molecule is CCS(=O)(=O)N(C)CCCNC(=S)NCCc1ccc(OC)cc1. The van der Waals surface area contributed by atoms with Crippen molar-refractivity contribution in [2.75, 3.05) is 39.5 Å². The topological polar surface area (TPSA) is 70.7 Å². The van der Waals surface area contributed by atoms with E-state index < -0.39 is 10.0 Å². The molecule has 0 unspecified atom stereocenters. The molecule has 24 heavy (non-hydrogen) atoms. The fraction of sp³-hybridized carbons (Fsp3) is 0.562. The van der Waals surface area contributed by atoms with Gasteiger partial charge in [-0.2, -0.15) is 0 Å². The zero-order valence-corrected chi connectivity index (χ0v) is 16.2. The van der Waals surface area contributed by atoms with Gasteiger partial charge in [0.25, 0.3) is 0 Å². The molecule has 0 radical (unpaired) electrons. The van der Waals surface area contributed by atoms with Crippen molar-refractivity contribution in [1.82, 2.24) is 14.9 Å². The number of benzene rings is 1. The summed E-state index contributed by atoms with van der Waals surface area (Å²) in [5.74, 6) is 0.973. The Morgan fingerprint density at radius 1 is 1.21 bits per heavy atom. The van der Waals surface area contributed by atoms with Crippen LogP contribution in [0.25, 0.3) is 0 Å². The van der Waals surface area contributed by atoms with Crippen molar-refractivity contribution in [3.8, 4) is 5.75 Å². The maximum atomic E-state index is 11.6. The van der Waals surface area contributed by atoms with Gasteiger partial charge in [-0.15, -0.1) is 0 Å². The van der Waals surface area contributed by atoms with Crippen LogP contribution in [0.15, 0.2) is 24.3 Å². The lowest BCUT2D eigenvalue weighted by Gasteiger charge is -2.16. The highest BCUT2D eigenvalue weighted by molar-refractivity contribution is 7.89. The van der Waals surface area contributed by atoms with Crippen molar-refractivity contribution in [2.45, 2.75) is 19.8 Å². The Bertz CT molecular complexity index is 603. The van der Waals surface area contributed by atoms with Crippen molar-refractivity contribution < 1.29 is 13.2 Å². The maximum absolute atomic E-state index is 11.6. The van der Waals surface area contributed by atoms with E-state index in [1.165, 1.54) is 9.87 Å². The number of sulfonamides is 1. The second kappa shape index (κ2) is 10.5. The highest BCUT2D eigenvalue weighted by Crippen LogP contribution is 2.11. The molecule has 1 rings (SSSR count). The predicted molar refractivity (Wildman–Crippen MR) is 102 cm³/mol. The smallest absolute Gasteiger partial charge is 0.213 e. The zero-order chi connectivity index (χ0) is 18.0. The van der Waals surface area contributed by atoms with Crippen LogP contribution in [-0.2, 0) is 16.4 Å². The normalized spacial score (nSPS) is 11.3. The molecule has 0 heterocycles. The standard InChI is InChI=1S/C16H27N3O3S2/c1-4-24(20,21)19(2)13-5-11-17-16(23)18-12-10-14-6-8-15(22-3)9-7-14/h6-9H,4-5,10-13H2,1-3H3,(H2,17,18,23). The first-order valence-corrected chi connectivity index (χ1v) is 9.99. The van der Waals surface area contributed by atoms with E-state index in [1.807, 2.05) is 24.3 Å². The van der Waals surface area contributed by atoms with Gasteiger partial charge in [0, 0.05) is 26.7 Å². The van der Waals surface area contributed by atoms with Crippen LogP contribution in [0.2, 0.25) is 0 Å². The van der Waals surface area contributed by atoms with Crippen LogP contribution in [0, 0.1) is 0 Å². The van der Waals surface area contributed by atoms with E-state index in [2.05, 4.69) is 10.6 Å². The summed E-state index contributed by atoms with van der Waals surface area (Å²) >= 11 is 5.21. The average Bonchev–Trinajstić information content (AvgIpc) is 2.59. The molecule has 0 aromatic heterocycles. The molecule has 136 valence electrons. The molecule has 0 atom stereocenters. The van der Waals surface area contributed by atoms with Gasteiger partial charge in [-0.25, -0.2) is 12.7 Å². The van der Waals surface area contributed by atoms with E-state index in [4.69, 9.17) is 17.0 Å². The van der Waals surface area contributed by atoms with Gasteiger partial charge in [0.1, 0.15) is 5.75 Å². The van der Waals surface area contributed by atoms with Gasteiger partial charge in [-0.05, 0) is 49.7 Å². The molecule has 0 bridgehead atoms. The summed E-state index contributed by atoms with van der Waals surface area (Å²) in [5.41, 5.74) is 1.21. The third kappa shape index (κ3) is 7.46. The van der Waals surface area contributed by atoms with Gasteiger partial charge < -0.3 is 15.4 Å². The van der Waals surface area contributed by atoms with Crippen LogP contribution in [0.5, 0.6) is 5.75 Å². The molecule has 1 aromatic carbocycles. The van der Waals surface area contributed by atoms with Gasteiger partial charge in [0.2, 0.25) is 10.0 Å². The number of nitrogens with zero attached hydrogens (tertiary/aromatic N) is 1. The first-order valence-electron chi connectivity index (χ1n) is 7.97. The van der Waals surface area contributed by atoms with Crippen molar-refractivity contribution in [3.63, 3.8) is 0 Å². The third-order valence-electron chi connectivity index (χ3n) is 3.63. The Morgan fingerprint density at radius 2 is 1.83 bits per heavy atom. The Balaban J connectivity index is 2.16. The minimum atomic E-state index is -3.10. The molecule has 0 saturated heterocycles. The average molecular weight is 374 g/mol. The molecule has 0 saturated carbocycles. The Labute approximate surface area is 150 Å². The first kappa shape index (κ1) is 20.7. The van der Waals surface area contributed by atoms with Gasteiger partial charge in [0.15, 0.2) is 5.11 Å². The molecule has 0 aliphatic rings. The molecule has 6 nitrogen and oxygen atoms in total. The number of nitrogens with one attached hydrogen (secondary N) is 2. The van der Waals surface area contributed by atoms with Crippen molar-refractivity contribution in [2.24, 2.45) is 0 Å². The summed E-state index contributed by atoms with van der Waals surface area (Å²) in [5, 5.41) is 6.82. The molecule has 0 amide bonds. The summed E-state index contributed by atoms with van der Waals surface area (Å²) in [7, 11) is 0.150. The number of hydrogen-bond donors (Lipinski definition) is 2. The largest absolute Gasteiger partial charge is 0.497 e. The van der Waals surface area contributed by atoms with E-state index in [1.54, 1.807) is 21.1 Å². The third-order valence-corrected chi connectivity index (χ3v) is 5.78. The lowest BCUT2D eigenvalue weighted by atomic mass is 10.1. The number of thiocarbonyl (C=S) groups is 1. The minimum Gasteiger partial charge on any atom is -0.497 e. The zero-order valence-electron chi connectivity index (χ0n) is 14.5. The van der Waals surface area contributed by atoms with Gasteiger partial charge >= 0.3 is 0 Å². The molecule has 8 heteroatoms. The van der Waals surface area contributed by atoms with Crippen LogP contribution in [-0.4, -0.2) is 57.4 Å². The van der Waals surface area contributed by atoms with Gasteiger partial charge in [-0.3, -0.25) is 0 Å². The molecule has 1 aromatic rings. The Kier molecular flexibility index (Phi) is 9.02. The Hall–Kier alpha value is -1.38. The number of rotatable bonds is 10. The second-order valence-electron chi connectivity index (χ2n) is 5.36. The summed E-state index contributed by atoms with van der Waals surface area (Å²) in [6.45, 7) is 3.50. The maximum Gasteiger partial charge on any atom is 0.213 e. The number of ether oxygens (including phenoxy) is 1. The first-order chi connectivity index (χ1) is 11.4. The molecule has 0 spiro atoms. The van der Waals surface area contributed by atoms with Crippen LogP contribution in [0.4, 0.5) is 0 Å². The van der Waals surface area contributed by atoms with E-state index >= 15 is 0 Å². The predicted octanol–water partition coefficient (Wildman–Crippen LogP) is 1.37. The Morgan fingerprint density at radius 3 is 2.42 bits per heavy atom. The van der Waals surface area contributed by atoms with Gasteiger partial charge in [0.05, 0.1) is 12.9 Å². The van der Waals surface area contributed by atoms with Crippen LogP contribution >= 0.6 is 12.2 Å². The van der Waals surface area contributed by atoms with E-state index in [-0.39, 0.29) is 5.75 Å². The number of methoxy groups -OCH3 is 1. The summed E-state index contributed by atoms with van der Waals surface area (Å²) in [6.07, 6.45) is 1.57. The molecule has 0 fully saturated rings. The molecule has 0 aliphatic heterocycles. The van der Waals surface area contributed by atoms with Crippen LogP contribution < -0.4 is 15.4 Å². The monoisotopic (exact) mass is 373 g/mol. The van der Waals surface area contributed by atoms with E-state index in [9.17, 15) is 8.42 Å². The summed E-state index contributed by atoms with van der Waals surface area (Å²) < 4.78 is 29.7. The quantitative estimate of drug-likeness (QED) is 0.477. The molecule has 2 N–H and O–H groups in total. The minimum absolute atomic E-state index is 0.127. The van der Waals surface area contributed by atoms with Crippen LogP contribution in [0.3, 0.4) is 0 Å². The highest BCUT2D eigenvalue weighted by Gasteiger charge is 2.13. The lowest BCUT2D eigenvalue weighted by Crippen LogP contribution is -2.38. The summed E-state index contributed by atoms with van der Waals surface area (Å²) in [4.78, 5) is 0. The van der Waals surface area contributed by atoms with E-state index in [0.717, 1.165) is 18.7 Å². The highest BCUT2D eigenvalue weighted by atomic mass is 32.2. The number of hydrogen-bond acceptors (Lipinski definition) is 4. The van der Waals surface area contributed by atoms with E-state index in [0.29, 0.717) is 24.6 Å². The molecular weight excluding hydrogens is 346 g/mol. The summed E-state index contributed by atoms with van der Waals surface area (Å²) in [6, 6.07) is 7.93. The fourth-order valence-corrected chi connectivity index (χ4v) is 3.09. The lowest BCUT2D eigenvalue weighted by molar-refractivity contribution is 0.414. The van der Waals surface area contributed by atoms with Gasteiger partial charge in [-0.1, -0.05) is 12.1 Å². The second-order valence-corrected chi connectivity index (χ2v) is 8.13. The van der Waals surface area contributed by atoms with Crippen molar-refractivity contribution in [1.29, 1.82) is 0 Å². The molecule has 0 aliphatic carbocycles. The van der Waals surface area contributed by atoms with Crippen LogP contribution in [0.1, 0.15) is 18.9 Å². The van der Waals surface area contributed by atoms with Crippen molar-refractivity contribution in [3.05, 3.63) is 29.8 Å². The van der Waals surface area contributed by atoms with Crippen molar-refractivity contribution >= 4 is 27.4 Å².